The number of aromatic nitrogens is 1. The molecule has 1 unspecified atom stereocenters. The topological polar surface area (TPSA) is 50.9 Å². The van der Waals surface area contributed by atoms with Gasteiger partial charge in [-0.1, -0.05) is 31.2 Å². The first-order valence-corrected chi connectivity index (χ1v) is 6.96. The zero-order valence-corrected chi connectivity index (χ0v) is 11.8. The molecule has 1 atom stereocenters. The zero-order chi connectivity index (χ0) is 13.1. The third-order valence-corrected chi connectivity index (χ3v) is 4.20. The molecular formula is C14H19N3S. The lowest BCUT2D eigenvalue weighted by Crippen LogP contribution is -2.28. The van der Waals surface area contributed by atoms with Crippen molar-refractivity contribution in [3.8, 4) is 0 Å². The fourth-order valence-corrected chi connectivity index (χ4v) is 3.15. The third-order valence-electron chi connectivity index (χ3n) is 3.06. The highest BCUT2D eigenvalue weighted by molar-refractivity contribution is 7.11. The monoisotopic (exact) mass is 261 g/mol. The van der Waals surface area contributed by atoms with E-state index in [0.29, 0.717) is 0 Å². The van der Waals surface area contributed by atoms with Gasteiger partial charge in [0.05, 0.1) is 21.6 Å². The summed E-state index contributed by atoms with van der Waals surface area (Å²) in [6.07, 6.45) is 1.03. The normalized spacial score (nSPS) is 12.7. The van der Waals surface area contributed by atoms with Crippen LogP contribution in [0.5, 0.6) is 0 Å². The minimum absolute atomic E-state index is 0.0303. The van der Waals surface area contributed by atoms with E-state index < -0.39 is 0 Å². The Kier molecular flexibility index (Phi) is 4.11. The second kappa shape index (κ2) is 5.61. The van der Waals surface area contributed by atoms with Crippen LogP contribution in [0.1, 0.15) is 39.7 Å². The van der Waals surface area contributed by atoms with Crippen LogP contribution >= 0.6 is 11.3 Å². The largest absolute Gasteiger partial charge is 0.271 e. The molecule has 0 aliphatic heterocycles. The van der Waals surface area contributed by atoms with E-state index in [-0.39, 0.29) is 6.04 Å². The molecule has 18 heavy (non-hydrogen) atoms. The molecule has 2 aromatic rings. The van der Waals surface area contributed by atoms with E-state index in [2.05, 4.69) is 41.6 Å². The van der Waals surface area contributed by atoms with Crippen molar-refractivity contribution in [2.45, 2.75) is 33.2 Å². The quantitative estimate of drug-likeness (QED) is 0.657. The van der Waals surface area contributed by atoms with E-state index in [1.807, 2.05) is 13.8 Å². The van der Waals surface area contributed by atoms with Gasteiger partial charge in [-0.05, 0) is 31.4 Å². The van der Waals surface area contributed by atoms with E-state index in [0.717, 1.165) is 17.1 Å². The Hall–Kier alpha value is -1.23. The standard InChI is InChI=1S/C14H19N3S/c1-4-11-6-5-7-12(8-11)13(17-15)14-9(2)16-10(3)18-14/h5-8,13,17H,4,15H2,1-3H3. The molecule has 1 heterocycles. The Morgan fingerprint density at radius 3 is 2.72 bits per heavy atom. The average Bonchev–Trinajstić information content (AvgIpc) is 2.70. The Labute approximate surface area is 112 Å². The van der Waals surface area contributed by atoms with E-state index in [9.17, 15) is 0 Å². The Morgan fingerprint density at radius 1 is 1.39 bits per heavy atom. The number of hydrogen-bond acceptors (Lipinski definition) is 4. The van der Waals surface area contributed by atoms with Crippen LogP contribution in [-0.4, -0.2) is 4.98 Å². The second-order valence-electron chi connectivity index (χ2n) is 4.38. The molecule has 4 heteroatoms. The number of benzene rings is 1. The number of nitrogens with one attached hydrogen (secondary N) is 1. The molecule has 96 valence electrons. The predicted octanol–water partition coefficient (Wildman–Crippen LogP) is 2.88. The number of aryl methyl sites for hydroxylation is 3. The van der Waals surface area contributed by atoms with Crippen LogP contribution in [0.15, 0.2) is 24.3 Å². The number of nitrogens with two attached hydrogens (primary N) is 1. The molecule has 2 rings (SSSR count). The van der Waals surface area contributed by atoms with Crippen molar-refractivity contribution in [2.24, 2.45) is 5.84 Å². The molecule has 0 saturated heterocycles. The van der Waals surface area contributed by atoms with Gasteiger partial charge in [0, 0.05) is 0 Å². The van der Waals surface area contributed by atoms with Crippen molar-refractivity contribution in [1.29, 1.82) is 0 Å². The van der Waals surface area contributed by atoms with Crippen LogP contribution < -0.4 is 11.3 Å². The molecular weight excluding hydrogens is 242 g/mol. The summed E-state index contributed by atoms with van der Waals surface area (Å²) in [7, 11) is 0. The highest BCUT2D eigenvalue weighted by Crippen LogP contribution is 2.29. The maximum atomic E-state index is 5.74. The average molecular weight is 261 g/mol. The summed E-state index contributed by atoms with van der Waals surface area (Å²) in [4.78, 5) is 5.67. The minimum atomic E-state index is 0.0303. The van der Waals surface area contributed by atoms with Gasteiger partial charge in [0.25, 0.3) is 0 Å². The van der Waals surface area contributed by atoms with Gasteiger partial charge in [-0.3, -0.25) is 5.84 Å². The predicted molar refractivity (Wildman–Crippen MR) is 76.6 cm³/mol. The second-order valence-corrected chi connectivity index (χ2v) is 5.62. The molecule has 0 amide bonds. The van der Waals surface area contributed by atoms with Crippen LogP contribution in [0.4, 0.5) is 0 Å². The first-order valence-electron chi connectivity index (χ1n) is 6.14. The van der Waals surface area contributed by atoms with Gasteiger partial charge in [0.1, 0.15) is 0 Å². The molecule has 0 saturated carbocycles. The lowest BCUT2D eigenvalue weighted by Gasteiger charge is -2.16. The SMILES string of the molecule is CCc1cccc(C(NN)c2sc(C)nc2C)c1. The lowest BCUT2D eigenvalue weighted by atomic mass is 10.0. The van der Waals surface area contributed by atoms with Crippen LogP contribution in [0.2, 0.25) is 0 Å². The zero-order valence-electron chi connectivity index (χ0n) is 11.0. The van der Waals surface area contributed by atoms with Gasteiger partial charge in [-0.2, -0.15) is 0 Å². The lowest BCUT2D eigenvalue weighted by molar-refractivity contribution is 0.641. The molecule has 3 nitrogen and oxygen atoms in total. The molecule has 0 aliphatic rings. The summed E-state index contributed by atoms with van der Waals surface area (Å²) in [5.41, 5.74) is 6.49. The smallest absolute Gasteiger partial charge is 0.0900 e. The van der Waals surface area contributed by atoms with Crippen LogP contribution in [0.3, 0.4) is 0 Å². The summed E-state index contributed by atoms with van der Waals surface area (Å²) in [6, 6.07) is 8.57. The highest BCUT2D eigenvalue weighted by atomic mass is 32.1. The summed E-state index contributed by atoms with van der Waals surface area (Å²) in [5, 5.41) is 1.08. The van der Waals surface area contributed by atoms with Crippen molar-refractivity contribution < 1.29 is 0 Å². The molecule has 1 aromatic carbocycles. The van der Waals surface area contributed by atoms with Crippen LogP contribution in [0, 0.1) is 13.8 Å². The van der Waals surface area contributed by atoms with E-state index in [4.69, 9.17) is 5.84 Å². The van der Waals surface area contributed by atoms with Crippen LogP contribution in [0.25, 0.3) is 0 Å². The fourth-order valence-electron chi connectivity index (χ4n) is 2.13. The first kappa shape index (κ1) is 13.2. The molecule has 3 N–H and O–H groups in total. The van der Waals surface area contributed by atoms with E-state index in [1.165, 1.54) is 16.0 Å². The molecule has 1 aromatic heterocycles. The van der Waals surface area contributed by atoms with Crippen molar-refractivity contribution in [2.75, 3.05) is 0 Å². The summed E-state index contributed by atoms with van der Waals surface area (Å²) >= 11 is 1.70. The number of hydrazine groups is 1. The number of hydrogen-bond donors (Lipinski definition) is 2. The maximum absolute atomic E-state index is 5.74. The van der Waals surface area contributed by atoms with Gasteiger partial charge < -0.3 is 0 Å². The Morgan fingerprint density at radius 2 is 2.17 bits per heavy atom. The first-order chi connectivity index (χ1) is 8.65. The molecule has 0 aliphatic carbocycles. The van der Waals surface area contributed by atoms with Gasteiger partial charge in [-0.25, -0.2) is 10.4 Å². The van der Waals surface area contributed by atoms with Crippen molar-refractivity contribution >= 4 is 11.3 Å². The minimum Gasteiger partial charge on any atom is -0.271 e. The molecule has 0 spiro atoms. The van der Waals surface area contributed by atoms with Gasteiger partial charge in [-0.15, -0.1) is 11.3 Å². The molecule has 0 radical (unpaired) electrons. The number of nitrogens with zero attached hydrogens (tertiary/aromatic N) is 1. The maximum Gasteiger partial charge on any atom is 0.0900 e. The Bertz CT molecular complexity index is 534. The van der Waals surface area contributed by atoms with Crippen molar-refractivity contribution in [1.82, 2.24) is 10.4 Å². The van der Waals surface area contributed by atoms with Crippen molar-refractivity contribution in [3.63, 3.8) is 0 Å². The number of rotatable bonds is 4. The van der Waals surface area contributed by atoms with E-state index >= 15 is 0 Å². The molecule has 0 bridgehead atoms. The summed E-state index contributed by atoms with van der Waals surface area (Å²) in [6.45, 7) is 6.22. The van der Waals surface area contributed by atoms with Gasteiger partial charge >= 0.3 is 0 Å². The fraction of sp³-hybridized carbons (Fsp3) is 0.357. The third kappa shape index (κ3) is 2.61. The molecule has 0 fully saturated rings. The summed E-state index contributed by atoms with van der Waals surface area (Å²) < 4.78 is 0. The van der Waals surface area contributed by atoms with Gasteiger partial charge in [0.15, 0.2) is 0 Å². The van der Waals surface area contributed by atoms with Crippen LogP contribution in [-0.2, 0) is 6.42 Å². The Balaban J connectivity index is 2.41. The highest BCUT2D eigenvalue weighted by Gasteiger charge is 2.18. The van der Waals surface area contributed by atoms with E-state index in [1.54, 1.807) is 11.3 Å². The number of thiazole rings is 1. The van der Waals surface area contributed by atoms with Crippen molar-refractivity contribution in [3.05, 3.63) is 51.0 Å². The summed E-state index contributed by atoms with van der Waals surface area (Å²) in [5.74, 6) is 5.74. The van der Waals surface area contributed by atoms with Gasteiger partial charge in [0.2, 0.25) is 0 Å².